The van der Waals surface area contributed by atoms with Gasteiger partial charge in [-0.2, -0.15) is 4.39 Å². The molecule has 2 aromatic rings. The lowest BCUT2D eigenvalue weighted by Crippen LogP contribution is -2.52. The lowest BCUT2D eigenvalue weighted by molar-refractivity contribution is -0.387. The van der Waals surface area contributed by atoms with Crippen LogP contribution in [0.1, 0.15) is 18.1 Å². The van der Waals surface area contributed by atoms with Gasteiger partial charge in [-0.3, -0.25) is 19.7 Å². The lowest BCUT2D eigenvalue weighted by Gasteiger charge is -2.21. The van der Waals surface area contributed by atoms with E-state index in [2.05, 4.69) is 10.6 Å². The minimum absolute atomic E-state index is 0.0997. The largest absolute Gasteiger partial charge is 0.480 e. The third-order valence-corrected chi connectivity index (χ3v) is 4.28. The standard InChI is InChI=1S/C20H19F2N3O6/c1-11(26)23-16(8-12-3-2-4-14(21)7-12)19(27)24-17(20(28)29)9-13-5-6-15(22)18(10-13)25(30)31/h2-7,10,16-17H,8-9H2,1H3,(H,23,26)(H,24,27)(H,28,29)/t16-,17-/m0/s1. The van der Waals surface area contributed by atoms with Gasteiger partial charge >= 0.3 is 11.7 Å². The van der Waals surface area contributed by atoms with Gasteiger partial charge in [0.25, 0.3) is 0 Å². The Hall–Kier alpha value is -3.89. The highest BCUT2D eigenvalue weighted by atomic mass is 19.1. The molecule has 0 heterocycles. The van der Waals surface area contributed by atoms with Crippen molar-refractivity contribution in [2.75, 3.05) is 0 Å². The van der Waals surface area contributed by atoms with Gasteiger partial charge in [-0.25, -0.2) is 9.18 Å². The molecule has 2 atom stereocenters. The lowest BCUT2D eigenvalue weighted by atomic mass is 10.0. The van der Waals surface area contributed by atoms with Gasteiger partial charge < -0.3 is 15.7 Å². The van der Waals surface area contributed by atoms with Gasteiger partial charge in [-0.05, 0) is 29.3 Å². The number of rotatable bonds is 9. The molecule has 0 saturated heterocycles. The maximum Gasteiger partial charge on any atom is 0.326 e. The average molecular weight is 435 g/mol. The van der Waals surface area contributed by atoms with Crippen molar-refractivity contribution in [1.29, 1.82) is 0 Å². The smallest absolute Gasteiger partial charge is 0.326 e. The molecule has 0 unspecified atom stereocenters. The molecule has 2 aromatic carbocycles. The molecular weight excluding hydrogens is 416 g/mol. The predicted molar refractivity (Wildman–Crippen MR) is 104 cm³/mol. The molecule has 0 fully saturated rings. The van der Waals surface area contributed by atoms with Crippen molar-refractivity contribution in [2.45, 2.75) is 31.8 Å². The van der Waals surface area contributed by atoms with Crippen LogP contribution >= 0.6 is 0 Å². The molecule has 0 bridgehead atoms. The number of nitrogens with one attached hydrogen (secondary N) is 2. The molecule has 9 nitrogen and oxygen atoms in total. The highest BCUT2D eigenvalue weighted by molar-refractivity contribution is 5.90. The molecule has 0 aliphatic rings. The molecule has 0 spiro atoms. The average Bonchev–Trinajstić information content (AvgIpc) is 2.67. The van der Waals surface area contributed by atoms with Crippen LogP contribution in [0.2, 0.25) is 0 Å². The minimum atomic E-state index is -1.51. The van der Waals surface area contributed by atoms with Crippen molar-refractivity contribution >= 4 is 23.5 Å². The van der Waals surface area contributed by atoms with E-state index in [1.165, 1.54) is 30.3 Å². The predicted octanol–water partition coefficient (Wildman–Crippen LogP) is 1.73. The first-order valence-corrected chi connectivity index (χ1v) is 9.04. The second-order valence-corrected chi connectivity index (χ2v) is 6.73. The van der Waals surface area contributed by atoms with Crippen LogP contribution in [0.25, 0.3) is 0 Å². The molecule has 0 aromatic heterocycles. The summed E-state index contributed by atoms with van der Waals surface area (Å²) in [6, 6.07) is 5.53. The van der Waals surface area contributed by atoms with E-state index in [4.69, 9.17) is 0 Å². The zero-order valence-electron chi connectivity index (χ0n) is 16.3. The van der Waals surface area contributed by atoms with Crippen LogP contribution in [0.4, 0.5) is 14.5 Å². The van der Waals surface area contributed by atoms with E-state index >= 15 is 0 Å². The Morgan fingerprint density at radius 3 is 2.26 bits per heavy atom. The number of carboxylic acid groups (broad SMARTS) is 1. The summed E-state index contributed by atoms with van der Waals surface area (Å²) in [6.07, 6.45) is -0.466. The van der Waals surface area contributed by atoms with E-state index < -0.39 is 52.1 Å². The van der Waals surface area contributed by atoms with Gasteiger partial charge in [-0.1, -0.05) is 18.2 Å². The highest BCUT2D eigenvalue weighted by Crippen LogP contribution is 2.19. The second-order valence-electron chi connectivity index (χ2n) is 6.73. The number of carboxylic acids is 1. The second kappa shape index (κ2) is 10.2. The molecule has 0 saturated carbocycles. The fourth-order valence-electron chi connectivity index (χ4n) is 2.89. The van der Waals surface area contributed by atoms with Crippen LogP contribution in [-0.4, -0.2) is 39.9 Å². The molecular formula is C20H19F2N3O6. The maximum atomic E-state index is 13.5. The van der Waals surface area contributed by atoms with Gasteiger partial charge in [0.05, 0.1) is 4.92 Å². The number of hydrogen-bond donors (Lipinski definition) is 3. The summed E-state index contributed by atoms with van der Waals surface area (Å²) in [7, 11) is 0. The normalized spacial score (nSPS) is 12.5. The van der Waals surface area contributed by atoms with Crippen LogP contribution in [0.5, 0.6) is 0 Å². The van der Waals surface area contributed by atoms with E-state index in [-0.39, 0.29) is 18.4 Å². The van der Waals surface area contributed by atoms with Crippen molar-refractivity contribution in [3.05, 3.63) is 75.3 Å². The van der Waals surface area contributed by atoms with E-state index in [9.17, 15) is 38.4 Å². The van der Waals surface area contributed by atoms with Crippen molar-refractivity contribution in [3.63, 3.8) is 0 Å². The Bertz CT molecular complexity index is 1010. The van der Waals surface area contributed by atoms with E-state index in [1.807, 2.05) is 0 Å². The summed E-state index contributed by atoms with van der Waals surface area (Å²) < 4.78 is 26.9. The monoisotopic (exact) mass is 435 g/mol. The quantitative estimate of drug-likeness (QED) is 0.405. The molecule has 0 aliphatic carbocycles. The van der Waals surface area contributed by atoms with E-state index in [0.29, 0.717) is 5.56 Å². The molecule has 2 rings (SSSR count). The SMILES string of the molecule is CC(=O)N[C@@H](Cc1cccc(F)c1)C(=O)N[C@@H](Cc1ccc(F)c([N+](=O)[O-])c1)C(=O)O. The van der Waals surface area contributed by atoms with E-state index in [0.717, 1.165) is 19.1 Å². The third-order valence-electron chi connectivity index (χ3n) is 4.28. The molecule has 3 N–H and O–H groups in total. The first-order valence-electron chi connectivity index (χ1n) is 9.04. The molecule has 0 radical (unpaired) electrons. The summed E-state index contributed by atoms with van der Waals surface area (Å²) in [6.45, 7) is 1.16. The summed E-state index contributed by atoms with van der Waals surface area (Å²) >= 11 is 0. The number of nitro benzene ring substituents is 1. The molecule has 164 valence electrons. The zero-order valence-corrected chi connectivity index (χ0v) is 16.3. The van der Waals surface area contributed by atoms with Crippen molar-refractivity contribution in [2.24, 2.45) is 0 Å². The summed E-state index contributed by atoms with van der Waals surface area (Å²) in [4.78, 5) is 45.7. The molecule has 2 amide bonds. The van der Waals surface area contributed by atoms with Crippen LogP contribution < -0.4 is 10.6 Å². The maximum absolute atomic E-state index is 13.5. The van der Waals surface area contributed by atoms with Gasteiger partial charge in [0.15, 0.2) is 0 Å². The number of nitrogens with zero attached hydrogens (tertiary/aromatic N) is 1. The first kappa shape index (κ1) is 23.4. The number of benzene rings is 2. The molecule has 31 heavy (non-hydrogen) atoms. The van der Waals surface area contributed by atoms with Gasteiger partial charge in [-0.15, -0.1) is 0 Å². The first-order chi connectivity index (χ1) is 14.6. The fourth-order valence-corrected chi connectivity index (χ4v) is 2.89. The van der Waals surface area contributed by atoms with Gasteiger partial charge in [0.1, 0.15) is 17.9 Å². The van der Waals surface area contributed by atoms with Gasteiger partial charge in [0, 0.05) is 25.8 Å². The number of hydrogen-bond acceptors (Lipinski definition) is 5. The van der Waals surface area contributed by atoms with Crippen LogP contribution in [0, 0.1) is 21.7 Å². The number of amides is 2. The summed E-state index contributed by atoms with van der Waals surface area (Å²) in [5, 5.41) is 25.0. The topological polar surface area (TPSA) is 139 Å². The van der Waals surface area contributed by atoms with Gasteiger partial charge in [0.2, 0.25) is 17.6 Å². The van der Waals surface area contributed by atoms with E-state index in [1.54, 1.807) is 0 Å². The van der Waals surface area contributed by atoms with Crippen LogP contribution in [0.3, 0.4) is 0 Å². The van der Waals surface area contributed by atoms with Crippen LogP contribution in [-0.2, 0) is 27.2 Å². The molecule has 11 heteroatoms. The molecule has 0 aliphatic heterocycles. The Morgan fingerprint density at radius 2 is 1.68 bits per heavy atom. The Labute approximate surface area is 175 Å². The van der Waals surface area contributed by atoms with Crippen LogP contribution in [0.15, 0.2) is 42.5 Å². The minimum Gasteiger partial charge on any atom is -0.480 e. The summed E-state index contributed by atoms with van der Waals surface area (Å²) in [5.74, 6) is -4.46. The Kier molecular flexibility index (Phi) is 7.72. The zero-order chi connectivity index (χ0) is 23.1. The third kappa shape index (κ3) is 6.84. The van der Waals surface area contributed by atoms with Crippen molar-refractivity contribution < 1.29 is 33.2 Å². The number of carbonyl (C=O) groups excluding carboxylic acids is 2. The van der Waals surface area contributed by atoms with Crippen molar-refractivity contribution in [3.8, 4) is 0 Å². The fraction of sp³-hybridized carbons (Fsp3) is 0.250. The number of carbonyl (C=O) groups is 3. The Balaban J connectivity index is 2.19. The Morgan fingerprint density at radius 1 is 1.03 bits per heavy atom. The summed E-state index contributed by atoms with van der Waals surface area (Å²) in [5.41, 5.74) is -0.313. The highest BCUT2D eigenvalue weighted by Gasteiger charge is 2.27. The van der Waals surface area contributed by atoms with Crippen molar-refractivity contribution in [1.82, 2.24) is 10.6 Å². The number of aliphatic carboxylic acids is 1. The number of nitro groups is 1. The number of halogens is 2.